The number of nitrogens with zero attached hydrogens (tertiary/aromatic N) is 1. The number of halogens is 1. The van der Waals surface area contributed by atoms with E-state index in [1.807, 2.05) is 0 Å². The summed E-state index contributed by atoms with van der Waals surface area (Å²) >= 11 is 5.62. The first-order valence-corrected chi connectivity index (χ1v) is 5.03. The van der Waals surface area contributed by atoms with Gasteiger partial charge in [0.2, 0.25) is 5.88 Å². The van der Waals surface area contributed by atoms with E-state index in [9.17, 15) is 9.59 Å². The lowest BCUT2D eigenvalue weighted by atomic mass is 10.1. The van der Waals surface area contributed by atoms with E-state index in [-0.39, 0.29) is 16.5 Å². The third-order valence-electron chi connectivity index (χ3n) is 2.09. The zero-order valence-electron chi connectivity index (χ0n) is 9.23. The molecule has 0 spiro atoms. The van der Waals surface area contributed by atoms with Crippen LogP contribution in [-0.4, -0.2) is 42.0 Å². The predicted molar refractivity (Wildman–Crippen MR) is 60.1 cm³/mol. The summed E-state index contributed by atoms with van der Waals surface area (Å²) in [6, 6.07) is 0.113. The number of aromatic nitrogens is 1. The molecule has 0 aromatic carbocycles. The molecule has 0 amide bonds. The molecule has 0 bridgehead atoms. The Morgan fingerprint density at radius 2 is 2.24 bits per heavy atom. The number of hydrogen-bond donors (Lipinski definition) is 2. The summed E-state index contributed by atoms with van der Waals surface area (Å²) in [5.41, 5.74) is 0.109. The van der Waals surface area contributed by atoms with E-state index in [1.54, 1.807) is 0 Å². The molecule has 0 saturated heterocycles. The second-order valence-corrected chi connectivity index (χ2v) is 3.55. The maximum absolute atomic E-state index is 11.9. The van der Waals surface area contributed by atoms with Gasteiger partial charge < -0.3 is 15.2 Å². The quantitative estimate of drug-likeness (QED) is 0.461. The van der Waals surface area contributed by atoms with Crippen LogP contribution in [0, 0.1) is 0 Å². The molecule has 0 radical (unpaired) electrons. The van der Waals surface area contributed by atoms with Gasteiger partial charge in [0.15, 0.2) is 11.8 Å². The van der Waals surface area contributed by atoms with Crippen LogP contribution in [0.5, 0.6) is 5.88 Å². The summed E-state index contributed by atoms with van der Waals surface area (Å²) in [4.78, 5) is 26.7. The predicted octanol–water partition coefficient (Wildman–Crippen LogP) is 0.384. The van der Waals surface area contributed by atoms with E-state index in [0.717, 1.165) is 6.20 Å². The SMILES string of the molecule is CNC(C(=O)OC)C(=O)c1cnc(O)c(Cl)c1. The number of nitrogens with one attached hydrogen (secondary N) is 1. The average molecular weight is 259 g/mol. The third kappa shape index (κ3) is 2.92. The number of ether oxygens (including phenoxy) is 1. The largest absolute Gasteiger partial charge is 0.492 e. The molecule has 0 aliphatic carbocycles. The van der Waals surface area contributed by atoms with Crippen molar-refractivity contribution >= 4 is 23.4 Å². The number of pyridine rings is 1. The Kier molecular flexibility index (Phi) is 4.42. The third-order valence-corrected chi connectivity index (χ3v) is 2.37. The van der Waals surface area contributed by atoms with Gasteiger partial charge >= 0.3 is 5.97 Å². The maximum Gasteiger partial charge on any atom is 0.331 e. The smallest absolute Gasteiger partial charge is 0.331 e. The van der Waals surface area contributed by atoms with Crippen LogP contribution in [0.15, 0.2) is 12.3 Å². The fourth-order valence-corrected chi connectivity index (χ4v) is 1.37. The van der Waals surface area contributed by atoms with Crippen LogP contribution in [0.3, 0.4) is 0 Å². The molecular formula is C10H11ClN2O4. The van der Waals surface area contributed by atoms with Gasteiger partial charge in [0, 0.05) is 11.8 Å². The van der Waals surface area contributed by atoms with Gasteiger partial charge in [-0.1, -0.05) is 11.6 Å². The Morgan fingerprint density at radius 1 is 1.59 bits per heavy atom. The van der Waals surface area contributed by atoms with Crippen molar-refractivity contribution in [2.45, 2.75) is 6.04 Å². The Hall–Kier alpha value is -1.66. The molecular weight excluding hydrogens is 248 g/mol. The van der Waals surface area contributed by atoms with Crippen molar-refractivity contribution in [3.05, 3.63) is 22.8 Å². The van der Waals surface area contributed by atoms with Crippen LogP contribution in [0.4, 0.5) is 0 Å². The first-order valence-electron chi connectivity index (χ1n) is 4.65. The molecule has 1 aromatic heterocycles. The van der Waals surface area contributed by atoms with Crippen molar-refractivity contribution in [2.75, 3.05) is 14.2 Å². The molecule has 1 aromatic rings. The number of ketones is 1. The van der Waals surface area contributed by atoms with Crippen molar-refractivity contribution in [2.24, 2.45) is 0 Å². The number of hydrogen-bond acceptors (Lipinski definition) is 6. The van der Waals surface area contributed by atoms with E-state index < -0.39 is 17.8 Å². The Balaban J connectivity index is 3.02. The maximum atomic E-state index is 11.9. The molecule has 2 N–H and O–H groups in total. The van der Waals surface area contributed by atoms with Crippen LogP contribution in [-0.2, 0) is 9.53 Å². The fourth-order valence-electron chi connectivity index (χ4n) is 1.21. The molecule has 7 heteroatoms. The minimum atomic E-state index is -1.12. The Bertz CT molecular complexity index is 450. The van der Waals surface area contributed by atoms with E-state index in [0.29, 0.717) is 0 Å². The highest BCUT2D eigenvalue weighted by atomic mass is 35.5. The first-order chi connectivity index (χ1) is 8.01. The van der Waals surface area contributed by atoms with E-state index >= 15 is 0 Å². The lowest BCUT2D eigenvalue weighted by Crippen LogP contribution is -2.42. The fraction of sp³-hybridized carbons (Fsp3) is 0.300. The van der Waals surface area contributed by atoms with Gasteiger partial charge in [0.25, 0.3) is 0 Å². The van der Waals surface area contributed by atoms with Crippen LogP contribution in [0.2, 0.25) is 5.02 Å². The van der Waals surface area contributed by atoms with Gasteiger partial charge in [-0.05, 0) is 13.1 Å². The zero-order valence-corrected chi connectivity index (χ0v) is 9.99. The van der Waals surface area contributed by atoms with Crippen molar-refractivity contribution in [1.82, 2.24) is 10.3 Å². The second-order valence-electron chi connectivity index (χ2n) is 3.14. The van der Waals surface area contributed by atoms with E-state index in [1.165, 1.54) is 20.2 Å². The van der Waals surface area contributed by atoms with Crippen molar-refractivity contribution < 1.29 is 19.4 Å². The topological polar surface area (TPSA) is 88.5 Å². The second kappa shape index (κ2) is 5.60. The van der Waals surface area contributed by atoms with E-state index in [2.05, 4.69) is 15.0 Å². The monoisotopic (exact) mass is 258 g/mol. The average Bonchev–Trinajstić information content (AvgIpc) is 2.33. The number of esters is 1. The summed E-state index contributed by atoms with van der Waals surface area (Å²) in [7, 11) is 2.64. The lowest BCUT2D eigenvalue weighted by molar-refractivity contribution is -0.141. The highest BCUT2D eigenvalue weighted by Gasteiger charge is 2.27. The summed E-state index contributed by atoms with van der Waals surface area (Å²) in [5.74, 6) is -1.61. The molecule has 6 nitrogen and oxygen atoms in total. The van der Waals surface area contributed by atoms with Gasteiger partial charge in [0.05, 0.1) is 7.11 Å². The Morgan fingerprint density at radius 3 is 2.71 bits per heavy atom. The lowest BCUT2D eigenvalue weighted by Gasteiger charge is -2.12. The zero-order chi connectivity index (χ0) is 13.0. The van der Waals surface area contributed by atoms with Crippen molar-refractivity contribution in [3.8, 4) is 5.88 Å². The van der Waals surface area contributed by atoms with Gasteiger partial charge in [-0.25, -0.2) is 9.78 Å². The number of likely N-dealkylation sites (N-methyl/N-ethyl adjacent to an activating group) is 1. The standard InChI is InChI=1S/C10H11ClN2O4/c1-12-7(10(16)17-2)8(14)5-3-6(11)9(15)13-4-5/h3-4,7,12H,1-2H3,(H,13,15). The molecule has 17 heavy (non-hydrogen) atoms. The molecule has 1 atom stereocenters. The van der Waals surface area contributed by atoms with Crippen LogP contribution in [0.1, 0.15) is 10.4 Å². The van der Waals surface area contributed by atoms with Crippen LogP contribution in [0.25, 0.3) is 0 Å². The summed E-state index contributed by atoms with van der Waals surface area (Å²) in [6.45, 7) is 0. The molecule has 0 aliphatic rings. The summed E-state index contributed by atoms with van der Waals surface area (Å²) < 4.78 is 4.47. The number of methoxy groups -OCH3 is 1. The number of aromatic hydroxyl groups is 1. The van der Waals surface area contributed by atoms with Gasteiger partial charge in [-0.3, -0.25) is 4.79 Å². The number of carbonyl (C=O) groups is 2. The van der Waals surface area contributed by atoms with Crippen molar-refractivity contribution in [3.63, 3.8) is 0 Å². The first kappa shape index (κ1) is 13.4. The number of rotatable bonds is 4. The van der Waals surface area contributed by atoms with Crippen LogP contribution >= 0.6 is 11.6 Å². The molecule has 1 unspecified atom stereocenters. The van der Waals surface area contributed by atoms with E-state index in [4.69, 9.17) is 16.7 Å². The summed E-state index contributed by atoms with van der Waals surface area (Å²) in [6.07, 6.45) is 1.14. The Labute approximate surface area is 103 Å². The number of carbonyl (C=O) groups excluding carboxylic acids is 2. The number of Topliss-reactive ketones (excluding diaryl/α,β-unsaturated/α-hetero) is 1. The normalized spacial score (nSPS) is 11.9. The van der Waals surface area contributed by atoms with Gasteiger partial charge in [-0.15, -0.1) is 0 Å². The van der Waals surface area contributed by atoms with Gasteiger partial charge in [-0.2, -0.15) is 0 Å². The van der Waals surface area contributed by atoms with Crippen molar-refractivity contribution in [1.29, 1.82) is 0 Å². The minimum Gasteiger partial charge on any atom is -0.492 e. The van der Waals surface area contributed by atoms with Gasteiger partial charge in [0.1, 0.15) is 5.02 Å². The molecule has 0 saturated carbocycles. The highest BCUT2D eigenvalue weighted by Crippen LogP contribution is 2.21. The molecule has 1 rings (SSSR count). The molecule has 0 fully saturated rings. The molecule has 92 valence electrons. The van der Waals surface area contributed by atoms with Crippen LogP contribution < -0.4 is 5.32 Å². The highest BCUT2D eigenvalue weighted by molar-refractivity contribution is 6.32. The summed E-state index contributed by atoms with van der Waals surface area (Å²) in [5, 5.41) is 11.6. The minimum absolute atomic E-state index is 0.0597. The molecule has 0 aliphatic heterocycles. The molecule has 1 heterocycles.